The molecule has 6 heteroatoms. The summed E-state index contributed by atoms with van der Waals surface area (Å²) in [5.41, 5.74) is 1.69. The standard InChI is InChI=1S/C15H13Cl2N2O2/c1-19-13-7-15(21-3)11(17)5-9(13)8-4-10(16)14(20-2)6-12(8)18-19/h4-7H,1-3H3/q+1. The molecule has 0 fully saturated rings. The highest BCUT2D eigenvalue weighted by Crippen LogP contribution is 2.35. The van der Waals surface area contributed by atoms with Crippen LogP contribution in [-0.2, 0) is 7.05 Å². The first kappa shape index (κ1) is 14.2. The molecule has 3 aromatic rings. The van der Waals surface area contributed by atoms with Crippen LogP contribution >= 0.6 is 23.2 Å². The maximum absolute atomic E-state index is 6.24. The molecule has 0 unspecified atom stereocenters. The van der Waals surface area contributed by atoms with E-state index in [1.807, 2.05) is 31.3 Å². The molecule has 1 aromatic heterocycles. The number of fused-ring (bicyclic) bond motifs is 3. The van der Waals surface area contributed by atoms with Crippen molar-refractivity contribution in [1.29, 1.82) is 0 Å². The molecule has 108 valence electrons. The molecule has 0 bridgehead atoms. The zero-order valence-electron chi connectivity index (χ0n) is 11.8. The second-order valence-corrected chi connectivity index (χ2v) is 5.45. The second-order valence-electron chi connectivity index (χ2n) is 4.63. The summed E-state index contributed by atoms with van der Waals surface area (Å²) < 4.78 is 12.3. The molecule has 0 aliphatic carbocycles. The summed E-state index contributed by atoms with van der Waals surface area (Å²) in [7, 11) is 5.04. The molecule has 4 nitrogen and oxygen atoms in total. The summed E-state index contributed by atoms with van der Waals surface area (Å²) >= 11 is 12.5. The highest BCUT2D eigenvalue weighted by Gasteiger charge is 2.17. The van der Waals surface area contributed by atoms with E-state index in [2.05, 4.69) is 5.10 Å². The van der Waals surface area contributed by atoms with Crippen molar-refractivity contribution in [3.63, 3.8) is 0 Å². The van der Waals surface area contributed by atoms with E-state index in [0.717, 1.165) is 21.8 Å². The van der Waals surface area contributed by atoms with E-state index in [1.54, 1.807) is 18.9 Å². The lowest BCUT2D eigenvalue weighted by molar-refractivity contribution is -0.703. The summed E-state index contributed by atoms with van der Waals surface area (Å²) in [6.45, 7) is 0. The molecular weight excluding hydrogens is 311 g/mol. The molecule has 21 heavy (non-hydrogen) atoms. The fourth-order valence-corrected chi connectivity index (χ4v) is 2.88. The predicted molar refractivity (Wildman–Crippen MR) is 83.5 cm³/mol. The number of ether oxygens (including phenoxy) is 2. The molecule has 0 aliphatic heterocycles. The van der Waals surface area contributed by atoms with Crippen molar-refractivity contribution in [2.24, 2.45) is 7.05 Å². The van der Waals surface area contributed by atoms with Gasteiger partial charge in [0.2, 0.25) is 5.52 Å². The zero-order chi connectivity index (χ0) is 15.1. The Hall–Kier alpha value is -1.78. The molecule has 0 radical (unpaired) electrons. The van der Waals surface area contributed by atoms with Crippen LogP contribution in [0.25, 0.3) is 21.8 Å². The molecule has 2 aromatic carbocycles. The van der Waals surface area contributed by atoms with Crippen molar-refractivity contribution in [3.8, 4) is 11.5 Å². The number of aromatic nitrogens is 2. The molecule has 0 saturated carbocycles. The van der Waals surface area contributed by atoms with Gasteiger partial charge in [-0.25, -0.2) is 0 Å². The summed E-state index contributed by atoms with van der Waals surface area (Å²) in [5.74, 6) is 1.20. The summed E-state index contributed by atoms with van der Waals surface area (Å²) in [6, 6.07) is 7.38. The fourth-order valence-electron chi connectivity index (χ4n) is 2.40. The van der Waals surface area contributed by atoms with Crippen molar-refractivity contribution >= 4 is 45.0 Å². The lowest BCUT2D eigenvalue weighted by atomic mass is 10.1. The first-order valence-corrected chi connectivity index (χ1v) is 7.01. The molecule has 1 heterocycles. The predicted octanol–water partition coefficient (Wildman–Crippen LogP) is 3.54. The number of methoxy groups -OCH3 is 2. The number of rotatable bonds is 2. The topological polar surface area (TPSA) is 35.2 Å². The number of benzene rings is 2. The normalized spacial score (nSPS) is 11.1. The average Bonchev–Trinajstić information content (AvgIpc) is 2.47. The third kappa shape index (κ3) is 2.24. The van der Waals surface area contributed by atoms with Gasteiger partial charge in [-0.2, -0.15) is 0 Å². The van der Waals surface area contributed by atoms with Gasteiger partial charge in [-0.15, -0.1) is 0 Å². The van der Waals surface area contributed by atoms with Crippen LogP contribution in [0.1, 0.15) is 0 Å². The van der Waals surface area contributed by atoms with Gasteiger partial charge in [0, 0.05) is 16.6 Å². The van der Waals surface area contributed by atoms with Crippen LogP contribution in [0, 0.1) is 0 Å². The van der Waals surface area contributed by atoms with Gasteiger partial charge in [0.15, 0.2) is 7.05 Å². The zero-order valence-corrected chi connectivity index (χ0v) is 13.3. The largest absolute Gasteiger partial charge is 0.495 e. The maximum Gasteiger partial charge on any atom is 0.243 e. The lowest BCUT2D eigenvalue weighted by Crippen LogP contribution is -2.33. The fraction of sp³-hybridized carbons (Fsp3) is 0.200. The van der Waals surface area contributed by atoms with E-state index in [0.29, 0.717) is 21.5 Å². The van der Waals surface area contributed by atoms with Gasteiger partial charge < -0.3 is 9.47 Å². The van der Waals surface area contributed by atoms with Crippen molar-refractivity contribution in [3.05, 3.63) is 34.3 Å². The number of aryl methyl sites for hydroxylation is 1. The Bertz CT molecular complexity index is 866. The smallest absolute Gasteiger partial charge is 0.243 e. The number of hydrogen-bond acceptors (Lipinski definition) is 3. The van der Waals surface area contributed by atoms with E-state index in [-0.39, 0.29) is 0 Å². The van der Waals surface area contributed by atoms with E-state index in [9.17, 15) is 0 Å². The Morgan fingerprint density at radius 2 is 1.48 bits per heavy atom. The van der Waals surface area contributed by atoms with Gasteiger partial charge in [0.1, 0.15) is 17.0 Å². The van der Waals surface area contributed by atoms with Crippen LogP contribution in [0.5, 0.6) is 11.5 Å². The average molecular weight is 324 g/mol. The van der Waals surface area contributed by atoms with Gasteiger partial charge in [-0.3, -0.25) is 0 Å². The summed E-state index contributed by atoms with van der Waals surface area (Å²) in [6.07, 6.45) is 0. The highest BCUT2D eigenvalue weighted by molar-refractivity contribution is 6.34. The number of hydrogen-bond donors (Lipinski definition) is 0. The van der Waals surface area contributed by atoms with Crippen LogP contribution in [-0.4, -0.2) is 19.3 Å². The third-order valence-electron chi connectivity index (χ3n) is 3.44. The minimum absolute atomic E-state index is 0.536. The van der Waals surface area contributed by atoms with E-state index in [4.69, 9.17) is 32.7 Å². The van der Waals surface area contributed by atoms with E-state index < -0.39 is 0 Å². The maximum atomic E-state index is 6.24. The van der Waals surface area contributed by atoms with Crippen LogP contribution < -0.4 is 14.2 Å². The summed E-state index contributed by atoms with van der Waals surface area (Å²) in [4.78, 5) is 0. The molecule has 0 N–H and O–H groups in total. The monoisotopic (exact) mass is 323 g/mol. The van der Waals surface area contributed by atoms with Crippen molar-refractivity contribution < 1.29 is 14.2 Å². The highest BCUT2D eigenvalue weighted by atomic mass is 35.5. The Labute approximate surface area is 131 Å². The molecule has 0 atom stereocenters. The minimum atomic E-state index is 0.536. The van der Waals surface area contributed by atoms with Crippen molar-refractivity contribution in [1.82, 2.24) is 5.10 Å². The first-order chi connectivity index (χ1) is 10.0. The molecular formula is C15H13Cl2N2O2+. The van der Waals surface area contributed by atoms with Gasteiger partial charge in [0.25, 0.3) is 0 Å². The molecule has 3 rings (SSSR count). The summed E-state index contributed by atoms with van der Waals surface area (Å²) in [5, 5.41) is 7.49. The molecule has 0 amide bonds. The van der Waals surface area contributed by atoms with Crippen molar-refractivity contribution in [2.75, 3.05) is 14.2 Å². The van der Waals surface area contributed by atoms with Crippen LogP contribution in [0.15, 0.2) is 24.3 Å². The van der Waals surface area contributed by atoms with E-state index in [1.165, 1.54) is 0 Å². The van der Waals surface area contributed by atoms with Crippen LogP contribution in [0.3, 0.4) is 0 Å². The number of nitrogens with zero attached hydrogens (tertiary/aromatic N) is 2. The van der Waals surface area contributed by atoms with Crippen molar-refractivity contribution in [2.45, 2.75) is 0 Å². The quantitative estimate of drug-likeness (QED) is 0.534. The lowest BCUT2D eigenvalue weighted by Gasteiger charge is -2.08. The Kier molecular flexibility index (Phi) is 3.51. The molecule has 0 spiro atoms. The minimum Gasteiger partial charge on any atom is -0.495 e. The van der Waals surface area contributed by atoms with Crippen LogP contribution in [0.4, 0.5) is 0 Å². The third-order valence-corrected chi connectivity index (χ3v) is 4.03. The SMILES string of the molecule is COc1cc2n[n+](C)c3cc(OC)c(Cl)cc3c2cc1Cl. The van der Waals surface area contributed by atoms with Crippen LogP contribution in [0.2, 0.25) is 10.0 Å². The van der Waals surface area contributed by atoms with Gasteiger partial charge in [-0.1, -0.05) is 27.9 Å². The Morgan fingerprint density at radius 1 is 0.905 bits per heavy atom. The molecule has 0 aliphatic rings. The van der Waals surface area contributed by atoms with Gasteiger partial charge in [-0.05, 0) is 12.1 Å². The van der Waals surface area contributed by atoms with Gasteiger partial charge in [0.05, 0.1) is 35.7 Å². The first-order valence-electron chi connectivity index (χ1n) is 6.26. The van der Waals surface area contributed by atoms with Gasteiger partial charge >= 0.3 is 0 Å². The molecule has 0 saturated heterocycles. The second kappa shape index (κ2) is 5.20. The van der Waals surface area contributed by atoms with E-state index >= 15 is 0 Å². The Balaban J connectivity index is 2.47. The number of halogens is 2. The Morgan fingerprint density at radius 3 is 2.10 bits per heavy atom.